The van der Waals surface area contributed by atoms with Crippen LogP contribution in [0.3, 0.4) is 0 Å². The fourth-order valence-corrected chi connectivity index (χ4v) is 3.27. The molecule has 6 nitrogen and oxygen atoms in total. The Labute approximate surface area is 166 Å². The minimum atomic E-state index is -1.79. The summed E-state index contributed by atoms with van der Waals surface area (Å²) in [4.78, 5) is 38.0. The Bertz CT molecular complexity index is 951. The zero-order valence-corrected chi connectivity index (χ0v) is 16.0. The molecule has 3 rings (SSSR count). The topological polar surface area (TPSA) is 78.5 Å². The number of benzene rings is 2. The molecular formula is C21H21F2N3O3. The van der Waals surface area contributed by atoms with E-state index in [-0.39, 0.29) is 11.5 Å². The van der Waals surface area contributed by atoms with Crippen LogP contribution in [0, 0.1) is 11.6 Å². The highest BCUT2D eigenvalue weighted by molar-refractivity contribution is 6.09. The molecule has 2 atom stereocenters. The molecule has 1 aliphatic rings. The molecule has 0 unspecified atom stereocenters. The van der Waals surface area contributed by atoms with Crippen molar-refractivity contribution in [3.63, 3.8) is 0 Å². The zero-order chi connectivity index (χ0) is 21.2. The number of halogens is 2. The molecule has 2 N–H and O–H groups in total. The van der Waals surface area contributed by atoms with Gasteiger partial charge >= 0.3 is 6.03 Å². The van der Waals surface area contributed by atoms with Crippen LogP contribution in [0.5, 0.6) is 0 Å². The molecule has 8 heteroatoms. The first-order valence-corrected chi connectivity index (χ1v) is 9.13. The molecule has 0 saturated carbocycles. The molecule has 1 fully saturated rings. The summed E-state index contributed by atoms with van der Waals surface area (Å²) >= 11 is 0. The Hall–Kier alpha value is -3.29. The molecule has 1 aliphatic heterocycles. The lowest BCUT2D eigenvalue weighted by molar-refractivity contribution is -0.134. The van der Waals surface area contributed by atoms with Crippen molar-refractivity contribution in [1.82, 2.24) is 15.5 Å². The maximum atomic E-state index is 14.2. The SMILES string of the molecule is C[C@H](CNC(=O)CN1C(=O)N[C@@](C)(c2cc(F)ccc2F)C1=O)c1ccccc1. The number of hydrogen-bond acceptors (Lipinski definition) is 3. The van der Waals surface area contributed by atoms with Gasteiger partial charge in [-0.25, -0.2) is 13.6 Å². The molecule has 4 amide bonds. The van der Waals surface area contributed by atoms with Crippen molar-refractivity contribution in [1.29, 1.82) is 0 Å². The van der Waals surface area contributed by atoms with Gasteiger partial charge in [-0.15, -0.1) is 0 Å². The van der Waals surface area contributed by atoms with Crippen molar-refractivity contribution >= 4 is 17.8 Å². The number of nitrogens with one attached hydrogen (secondary N) is 2. The van der Waals surface area contributed by atoms with Crippen molar-refractivity contribution < 1.29 is 23.2 Å². The number of urea groups is 1. The minimum absolute atomic E-state index is 0.0370. The van der Waals surface area contributed by atoms with Crippen molar-refractivity contribution in [3.05, 3.63) is 71.3 Å². The van der Waals surface area contributed by atoms with Crippen LogP contribution >= 0.6 is 0 Å². The van der Waals surface area contributed by atoms with Gasteiger partial charge < -0.3 is 10.6 Å². The van der Waals surface area contributed by atoms with E-state index in [0.717, 1.165) is 23.8 Å². The van der Waals surface area contributed by atoms with Gasteiger partial charge in [-0.1, -0.05) is 37.3 Å². The summed E-state index contributed by atoms with van der Waals surface area (Å²) in [5.41, 5.74) is -1.05. The minimum Gasteiger partial charge on any atom is -0.354 e. The number of carbonyl (C=O) groups is 3. The van der Waals surface area contributed by atoms with Gasteiger partial charge in [0.2, 0.25) is 5.91 Å². The van der Waals surface area contributed by atoms with Crippen LogP contribution in [0.1, 0.15) is 30.9 Å². The summed E-state index contributed by atoms with van der Waals surface area (Å²) in [6.45, 7) is 3.02. The van der Waals surface area contributed by atoms with Crippen LogP contribution in [-0.2, 0) is 15.1 Å². The monoisotopic (exact) mass is 401 g/mol. The van der Waals surface area contributed by atoms with E-state index in [4.69, 9.17) is 0 Å². The van der Waals surface area contributed by atoms with Gasteiger partial charge in [0.25, 0.3) is 5.91 Å². The molecule has 0 aliphatic carbocycles. The molecule has 1 heterocycles. The summed E-state index contributed by atoms with van der Waals surface area (Å²) in [7, 11) is 0. The van der Waals surface area contributed by atoms with Crippen LogP contribution < -0.4 is 10.6 Å². The maximum absolute atomic E-state index is 14.2. The van der Waals surface area contributed by atoms with E-state index < -0.39 is 41.6 Å². The first-order chi connectivity index (χ1) is 13.7. The van der Waals surface area contributed by atoms with E-state index in [9.17, 15) is 23.2 Å². The third-order valence-electron chi connectivity index (χ3n) is 5.02. The number of nitrogens with zero attached hydrogens (tertiary/aromatic N) is 1. The van der Waals surface area contributed by atoms with Crippen molar-refractivity contribution in [3.8, 4) is 0 Å². The number of hydrogen-bond donors (Lipinski definition) is 2. The third-order valence-corrected chi connectivity index (χ3v) is 5.02. The lowest BCUT2D eigenvalue weighted by Crippen LogP contribution is -2.44. The van der Waals surface area contributed by atoms with Crippen LogP contribution in [0.4, 0.5) is 13.6 Å². The molecule has 0 bridgehead atoms. The first kappa shape index (κ1) is 20.4. The average Bonchev–Trinajstić information content (AvgIpc) is 2.92. The largest absolute Gasteiger partial charge is 0.354 e. The summed E-state index contributed by atoms with van der Waals surface area (Å²) in [5, 5.41) is 5.05. The molecule has 0 radical (unpaired) electrons. The van der Waals surface area contributed by atoms with Crippen molar-refractivity contribution in [2.45, 2.75) is 25.3 Å². The van der Waals surface area contributed by atoms with Gasteiger partial charge in [-0.05, 0) is 36.6 Å². The smallest absolute Gasteiger partial charge is 0.325 e. The quantitative estimate of drug-likeness (QED) is 0.731. The van der Waals surface area contributed by atoms with Crippen LogP contribution in [0.2, 0.25) is 0 Å². The lowest BCUT2D eigenvalue weighted by Gasteiger charge is -2.22. The van der Waals surface area contributed by atoms with Crippen molar-refractivity contribution in [2.75, 3.05) is 13.1 Å². The predicted molar refractivity (Wildman–Crippen MR) is 102 cm³/mol. The molecule has 1 saturated heterocycles. The normalized spacial score (nSPS) is 19.8. The van der Waals surface area contributed by atoms with Gasteiger partial charge in [0, 0.05) is 12.1 Å². The molecule has 152 valence electrons. The van der Waals surface area contributed by atoms with E-state index in [1.807, 2.05) is 37.3 Å². The number of rotatable bonds is 6. The summed E-state index contributed by atoms with van der Waals surface area (Å²) < 4.78 is 27.7. The van der Waals surface area contributed by atoms with E-state index in [1.54, 1.807) is 0 Å². The van der Waals surface area contributed by atoms with E-state index in [1.165, 1.54) is 6.92 Å². The summed E-state index contributed by atoms with van der Waals surface area (Å²) in [6.07, 6.45) is 0. The van der Waals surface area contributed by atoms with Gasteiger partial charge in [0.1, 0.15) is 23.7 Å². The number of amides is 4. The second-order valence-corrected chi connectivity index (χ2v) is 7.19. The van der Waals surface area contributed by atoms with Crippen LogP contribution in [0.15, 0.2) is 48.5 Å². The second-order valence-electron chi connectivity index (χ2n) is 7.19. The Morgan fingerprint density at radius 1 is 1.17 bits per heavy atom. The van der Waals surface area contributed by atoms with Gasteiger partial charge in [-0.3, -0.25) is 14.5 Å². The summed E-state index contributed by atoms with van der Waals surface area (Å²) in [6, 6.07) is 11.4. The standard InChI is InChI=1S/C21H21F2N3O3/c1-13(14-6-4-3-5-7-14)11-24-18(27)12-26-19(28)21(2,25-20(26)29)16-10-15(22)8-9-17(16)23/h3-10,13H,11-12H2,1-2H3,(H,24,27)(H,25,29)/t13-,21+/m1/s1. The summed E-state index contributed by atoms with van der Waals surface area (Å²) in [5.74, 6) is -2.88. The van der Waals surface area contributed by atoms with E-state index in [0.29, 0.717) is 11.4 Å². The maximum Gasteiger partial charge on any atom is 0.325 e. The molecule has 0 aromatic heterocycles. The zero-order valence-electron chi connectivity index (χ0n) is 16.0. The molecule has 0 spiro atoms. The highest BCUT2D eigenvalue weighted by atomic mass is 19.1. The van der Waals surface area contributed by atoms with Crippen LogP contribution in [-0.4, -0.2) is 35.8 Å². The highest BCUT2D eigenvalue weighted by Gasteiger charge is 2.50. The van der Waals surface area contributed by atoms with E-state index >= 15 is 0 Å². The molecule has 2 aromatic carbocycles. The van der Waals surface area contributed by atoms with Gasteiger partial charge in [0.05, 0.1) is 0 Å². The van der Waals surface area contributed by atoms with Gasteiger partial charge in [0.15, 0.2) is 0 Å². The molecular weight excluding hydrogens is 380 g/mol. The Balaban J connectivity index is 1.67. The Morgan fingerprint density at radius 2 is 1.86 bits per heavy atom. The number of carbonyl (C=O) groups excluding carboxylic acids is 3. The third kappa shape index (κ3) is 4.11. The fraction of sp³-hybridized carbons (Fsp3) is 0.286. The van der Waals surface area contributed by atoms with Crippen molar-refractivity contribution in [2.24, 2.45) is 0 Å². The molecule has 2 aromatic rings. The Morgan fingerprint density at radius 3 is 2.55 bits per heavy atom. The first-order valence-electron chi connectivity index (χ1n) is 9.13. The number of imide groups is 1. The fourth-order valence-electron chi connectivity index (χ4n) is 3.27. The highest BCUT2D eigenvalue weighted by Crippen LogP contribution is 2.31. The Kier molecular flexibility index (Phi) is 5.63. The average molecular weight is 401 g/mol. The van der Waals surface area contributed by atoms with Gasteiger partial charge in [-0.2, -0.15) is 0 Å². The van der Waals surface area contributed by atoms with Crippen LogP contribution in [0.25, 0.3) is 0 Å². The predicted octanol–water partition coefficient (Wildman–Crippen LogP) is 2.65. The molecule has 29 heavy (non-hydrogen) atoms. The van der Waals surface area contributed by atoms with E-state index in [2.05, 4.69) is 10.6 Å². The lowest BCUT2D eigenvalue weighted by atomic mass is 9.91. The second kappa shape index (κ2) is 7.98.